The number of amides is 1. The number of nitrogens with zero attached hydrogens (tertiary/aromatic N) is 1. The quantitative estimate of drug-likeness (QED) is 0.454. The van der Waals surface area contributed by atoms with Crippen molar-refractivity contribution >= 4 is 29.4 Å². The number of anilines is 1. The standard InChI is InChI=1S/C22H20N2O4/c1-3-15-6-11-18(12-7-15)24-21(26)19(14-23)20(25)13-8-16-4-9-17(10-5-16)22(27)28-2/h4-13,19H,3H2,1-2H3,(H,24,26)/b13-8+. The molecule has 0 radical (unpaired) electrons. The first-order chi connectivity index (χ1) is 13.5. The van der Waals surface area contributed by atoms with Crippen LogP contribution in [0.5, 0.6) is 0 Å². The molecular formula is C22H20N2O4. The van der Waals surface area contributed by atoms with Gasteiger partial charge in [-0.1, -0.05) is 37.3 Å². The Kier molecular flexibility index (Phi) is 7.23. The van der Waals surface area contributed by atoms with E-state index in [2.05, 4.69) is 10.1 Å². The van der Waals surface area contributed by atoms with E-state index in [0.717, 1.165) is 12.0 Å². The van der Waals surface area contributed by atoms with Gasteiger partial charge in [-0.05, 0) is 47.9 Å². The summed E-state index contributed by atoms with van der Waals surface area (Å²) in [5.41, 5.74) is 2.67. The van der Waals surface area contributed by atoms with E-state index in [1.54, 1.807) is 42.5 Å². The van der Waals surface area contributed by atoms with Crippen LogP contribution >= 0.6 is 0 Å². The number of ketones is 1. The summed E-state index contributed by atoms with van der Waals surface area (Å²) in [5, 5.41) is 11.8. The van der Waals surface area contributed by atoms with Crippen LogP contribution in [-0.2, 0) is 20.7 Å². The molecule has 0 aliphatic heterocycles. The molecule has 2 aromatic carbocycles. The number of esters is 1. The van der Waals surface area contributed by atoms with Crippen LogP contribution < -0.4 is 5.32 Å². The lowest BCUT2D eigenvalue weighted by Crippen LogP contribution is -2.27. The van der Waals surface area contributed by atoms with Gasteiger partial charge in [0.1, 0.15) is 0 Å². The molecule has 0 aliphatic rings. The Morgan fingerprint density at radius 1 is 1.11 bits per heavy atom. The molecule has 6 heteroatoms. The van der Waals surface area contributed by atoms with Crippen molar-refractivity contribution in [3.8, 4) is 6.07 Å². The van der Waals surface area contributed by atoms with Crippen molar-refractivity contribution in [1.82, 2.24) is 0 Å². The molecule has 1 N–H and O–H groups in total. The van der Waals surface area contributed by atoms with E-state index in [-0.39, 0.29) is 0 Å². The molecule has 0 fully saturated rings. The second-order valence-corrected chi connectivity index (χ2v) is 5.95. The van der Waals surface area contributed by atoms with Gasteiger partial charge in [0.05, 0.1) is 18.7 Å². The number of carbonyl (C=O) groups excluding carboxylic acids is 3. The third-order valence-corrected chi connectivity index (χ3v) is 4.08. The monoisotopic (exact) mass is 376 g/mol. The van der Waals surface area contributed by atoms with Crippen molar-refractivity contribution in [3.05, 3.63) is 71.3 Å². The van der Waals surface area contributed by atoms with Crippen LogP contribution in [0.25, 0.3) is 6.08 Å². The Balaban J connectivity index is 2.03. The lowest BCUT2D eigenvalue weighted by atomic mass is 10.0. The van der Waals surface area contributed by atoms with E-state index < -0.39 is 23.6 Å². The zero-order valence-electron chi connectivity index (χ0n) is 15.6. The number of hydrogen-bond acceptors (Lipinski definition) is 5. The molecule has 1 unspecified atom stereocenters. The first-order valence-electron chi connectivity index (χ1n) is 8.68. The van der Waals surface area contributed by atoms with E-state index in [4.69, 9.17) is 0 Å². The minimum Gasteiger partial charge on any atom is -0.465 e. The van der Waals surface area contributed by atoms with Crippen molar-refractivity contribution in [2.45, 2.75) is 13.3 Å². The lowest BCUT2D eigenvalue weighted by molar-refractivity contribution is -0.126. The van der Waals surface area contributed by atoms with Gasteiger partial charge in [0.2, 0.25) is 5.91 Å². The second-order valence-electron chi connectivity index (χ2n) is 5.95. The highest BCUT2D eigenvalue weighted by Gasteiger charge is 2.24. The summed E-state index contributed by atoms with van der Waals surface area (Å²) < 4.78 is 4.62. The largest absolute Gasteiger partial charge is 0.465 e. The minimum atomic E-state index is -1.45. The molecule has 1 amide bonds. The molecule has 0 spiro atoms. The number of benzene rings is 2. The third kappa shape index (κ3) is 5.39. The molecule has 1 atom stereocenters. The summed E-state index contributed by atoms with van der Waals surface area (Å²) in [6, 6.07) is 15.3. The number of aryl methyl sites for hydroxylation is 1. The van der Waals surface area contributed by atoms with Gasteiger partial charge in [0.25, 0.3) is 0 Å². The SMILES string of the molecule is CCc1ccc(NC(=O)C(C#N)C(=O)/C=C/c2ccc(C(=O)OC)cc2)cc1. The fourth-order valence-electron chi connectivity index (χ4n) is 2.41. The Bertz CT molecular complexity index is 923. The fraction of sp³-hybridized carbons (Fsp3) is 0.182. The molecule has 28 heavy (non-hydrogen) atoms. The predicted molar refractivity (Wildman–Crippen MR) is 105 cm³/mol. The zero-order valence-corrected chi connectivity index (χ0v) is 15.6. The molecular weight excluding hydrogens is 356 g/mol. The first kappa shape index (κ1) is 20.6. The van der Waals surface area contributed by atoms with Crippen LogP contribution in [0.15, 0.2) is 54.6 Å². The minimum absolute atomic E-state index is 0.384. The van der Waals surface area contributed by atoms with Crippen molar-refractivity contribution in [3.63, 3.8) is 0 Å². The predicted octanol–water partition coefficient (Wildman–Crippen LogP) is 3.40. The number of rotatable bonds is 7. The Hall–Kier alpha value is -3.72. The number of methoxy groups -OCH3 is 1. The number of ether oxygens (including phenoxy) is 1. The molecule has 2 rings (SSSR count). The van der Waals surface area contributed by atoms with Crippen LogP contribution in [0.1, 0.15) is 28.4 Å². The highest BCUT2D eigenvalue weighted by Crippen LogP contribution is 2.13. The number of nitriles is 1. The number of allylic oxidation sites excluding steroid dienone is 1. The Morgan fingerprint density at radius 3 is 2.29 bits per heavy atom. The van der Waals surface area contributed by atoms with Gasteiger partial charge in [-0.15, -0.1) is 0 Å². The summed E-state index contributed by atoms with van der Waals surface area (Å²) in [5.74, 6) is -3.21. The normalized spacial score (nSPS) is 11.5. The van der Waals surface area contributed by atoms with E-state index in [1.165, 1.54) is 19.3 Å². The van der Waals surface area contributed by atoms with Crippen LogP contribution in [-0.4, -0.2) is 24.8 Å². The van der Waals surface area contributed by atoms with Crippen LogP contribution in [0.4, 0.5) is 5.69 Å². The van der Waals surface area contributed by atoms with Crippen LogP contribution in [0, 0.1) is 17.2 Å². The van der Waals surface area contributed by atoms with Gasteiger partial charge in [-0.2, -0.15) is 5.26 Å². The Labute approximate surface area is 163 Å². The van der Waals surface area contributed by atoms with E-state index >= 15 is 0 Å². The van der Waals surface area contributed by atoms with Crippen molar-refractivity contribution in [1.29, 1.82) is 5.26 Å². The highest BCUT2D eigenvalue weighted by molar-refractivity contribution is 6.14. The maximum absolute atomic E-state index is 12.3. The average Bonchev–Trinajstić information content (AvgIpc) is 2.73. The number of nitrogens with one attached hydrogen (secondary N) is 1. The second kappa shape index (κ2) is 9.83. The van der Waals surface area contributed by atoms with Gasteiger partial charge in [-0.3, -0.25) is 9.59 Å². The summed E-state index contributed by atoms with van der Waals surface area (Å²) in [4.78, 5) is 35.9. The summed E-state index contributed by atoms with van der Waals surface area (Å²) in [6.45, 7) is 2.02. The van der Waals surface area contributed by atoms with Gasteiger partial charge in [0, 0.05) is 5.69 Å². The Morgan fingerprint density at radius 2 is 1.75 bits per heavy atom. The topological polar surface area (TPSA) is 96.3 Å². The number of carbonyl (C=O) groups is 3. The maximum atomic E-state index is 12.3. The van der Waals surface area contributed by atoms with E-state index in [1.807, 2.05) is 19.1 Å². The lowest BCUT2D eigenvalue weighted by Gasteiger charge is -2.08. The highest BCUT2D eigenvalue weighted by atomic mass is 16.5. The molecule has 0 saturated heterocycles. The van der Waals surface area contributed by atoms with Gasteiger partial charge in [0.15, 0.2) is 11.7 Å². The summed E-state index contributed by atoms with van der Waals surface area (Å²) in [7, 11) is 1.29. The maximum Gasteiger partial charge on any atom is 0.337 e. The zero-order chi connectivity index (χ0) is 20.5. The van der Waals surface area contributed by atoms with E-state index in [0.29, 0.717) is 16.8 Å². The molecule has 142 valence electrons. The molecule has 2 aromatic rings. The van der Waals surface area contributed by atoms with Crippen LogP contribution in [0.2, 0.25) is 0 Å². The molecule has 0 aliphatic carbocycles. The van der Waals surface area contributed by atoms with Crippen LogP contribution in [0.3, 0.4) is 0 Å². The summed E-state index contributed by atoms with van der Waals surface area (Å²) >= 11 is 0. The first-order valence-corrected chi connectivity index (χ1v) is 8.68. The van der Waals surface area contributed by atoms with Crippen molar-refractivity contribution in [2.75, 3.05) is 12.4 Å². The summed E-state index contributed by atoms with van der Waals surface area (Å²) in [6.07, 6.45) is 3.54. The van der Waals surface area contributed by atoms with Gasteiger partial charge >= 0.3 is 5.97 Å². The van der Waals surface area contributed by atoms with Gasteiger partial charge in [-0.25, -0.2) is 4.79 Å². The average molecular weight is 376 g/mol. The molecule has 0 aromatic heterocycles. The molecule has 0 heterocycles. The van der Waals surface area contributed by atoms with Gasteiger partial charge < -0.3 is 10.1 Å². The molecule has 0 saturated carbocycles. The van der Waals surface area contributed by atoms with E-state index in [9.17, 15) is 19.6 Å². The third-order valence-electron chi connectivity index (χ3n) is 4.08. The van der Waals surface area contributed by atoms with Crippen molar-refractivity contribution < 1.29 is 19.1 Å². The molecule has 0 bridgehead atoms. The molecule has 6 nitrogen and oxygen atoms in total. The fourth-order valence-corrected chi connectivity index (χ4v) is 2.41. The van der Waals surface area contributed by atoms with Crippen molar-refractivity contribution in [2.24, 2.45) is 5.92 Å². The number of hydrogen-bond donors (Lipinski definition) is 1. The smallest absolute Gasteiger partial charge is 0.337 e.